The van der Waals surface area contributed by atoms with Crippen LogP contribution in [0.3, 0.4) is 0 Å². The number of piperidine rings is 1. The molecular formula is C12H25ClN2O2S. The standard InChI is InChI=1S/C12H25ClN2O2S/c1-10(2)12(6-7-13)14-18(16,17)15-8-4-5-11(3)9-15/h10-12,14H,4-9H2,1-3H3. The van der Waals surface area contributed by atoms with Crippen molar-refractivity contribution >= 4 is 21.8 Å². The van der Waals surface area contributed by atoms with E-state index < -0.39 is 10.2 Å². The van der Waals surface area contributed by atoms with Crippen LogP contribution in [0.15, 0.2) is 0 Å². The van der Waals surface area contributed by atoms with Gasteiger partial charge >= 0.3 is 0 Å². The summed E-state index contributed by atoms with van der Waals surface area (Å²) in [5, 5.41) is 0. The lowest BCUT2D eigenvalue weighted by Gasteiger charge is -2.32. The third-order valence-corrected chi connectivity index (χ3v) is 5.32. The maximum atomic E-state index is 12.3. The molecular weight excluding hydrogens is 272 g/mol. The van der Waals surface area contributed by atoms with Crippen molar-refractivity contribution in [2.24, 2.45) is 11.8 Å². The Morgan fingerprint density at radius 3 is 2.61 bits per heavy atom. The summed E-state index contributed by atoms with van der Waals surface area (Å²) in [5.41, 5.74) is 0. The van der Waals surface area contributed by atoms with Gasteiger partial charge in [-0.1, -0.05) is 20.8 Å². The first-order chi connectivity index (χ1) is 8.36. The van der Waals surface area contributed by atoms with Crippen LogP contribution in [-0.4, -0.2) is 37.7 Å². The van der Waals surface area contributed by atoms with Crippen LogP contribution in [0, 0.1) is 11.8 Å². The van der Waals surface area contributed by atoms with Gasteiger partial charge in [0, 0.05) is 25.0 Å². The molecule has 108 valence electrons. The lowest BCUT2D eigenvalue weighted by atomic mass is 10.0. The second kappa shape index (κ2) is 7.08. The molecule has 0 radical (unpaired) electrons. The Hall–Kier alpha value is 0.160. The van der Waals surface area contributed by atoms with Gasteiger partial charge in [-0.05, 0) is 31.1 Å². The second-order valence-electron chi connectivity index (χ2n) is 5.56. The van der Waals surface area contributed by atoms with Crippen LogP contribution in [0.2, 0.25) is 0 Å². The predicted octanol–water partition coefficient (Wildman–Crippen LogP) is 2.21. The number of alkyl halides is 1. The number of hydrogen-bond donors (Lipinski definition) is 1. The van der Waals surface area contributed by atoms with E-state index in [2.05, 4.69) is 11.6 Å². The highest BCUT2D eigenvalue weighted by molar-refractivity contribution is 7.87. The van der Waals surface area contributed by atoms with Gasteiger partial charge in [0.15, 0.2) is 0 Å². The van der Waals surface area contributed by atoms with Crippen molar-refractivity contribution in [2.45, 2.75) is 46.1 Å². The van der Waals surface area contributed by atoms with Crippen LogP contribution in [-0.2, 0) is 10.2 Å². The first-order valence-corrected chi connectivity index (χ1v) is 8.67. The van der Waals surface area contributed by atoms with Crippen molar-refractivity contribution in [3.05, 3.63) is 0 Å². The molecule has 2 atom stereocenters. The van der Waals surface area contributed by atoms with Crippen LogP contribution in [0.4, 0.5) is 0 Å². The van der Waals surface area contributed by atoms with Crippen LogP contribution < -0.4 is 4.72 Å². The predicted molar refractivity (Wildman–Crippen MR) is 76.0 cm³/mol. The molecule has 1 fully saturated rings. The Morgan fingerprint density at radius 1 is 1.44 bits per heavy atom. The highest BCUT2D eigenvalue weighted by Crippen LogP contribution is 2.19. The molecule has 0 bridgehead atoms. The minimum Gasteiger partial charge on any atom is -0.199 e. The molecule has 0 saturated carbocycles. The van der Waals surface area contributed by atoms with E-state index in [0.717, 1.165) is 12.8 Å². The van der Waals surface area contributed by atoms with E-state index in [-0.39, 0.29) is 12.0 Å². The minimum absolute atomic E-state index is 0.0790. The fraction of sp³-hybridized carbons (Fsp3) is 1.00. The highest BCUT2D eigenvalue weighted by atomic mass is 35.5. The summed E-state index contributed by atoms with van der Waals surface area (Å²) in [6.45, 7) is 7.38. The Bertz CT molecular complexity index is 346. The third-order valence-electron chi connectivity index (χ3n) is 3.48. The molecule has 0 aromatic heterocycles. The molecule has 1 N–H and O–H groups in total. The van der Waals surface area contributed by atoms with Crippen molar-refractivity contribution in [3.8, 4) is 0 Å². The number of nitrogens with zero attached hydrogens (tertiary/aromatic N) is 1. The smallest absolute Gasteiger partial charge is 0.199 e. The van der Waals surface area contributed by atoms with Gasteiger partial charge in [0.25, 0.3) is 10.2 Å². The number of nitrogens with one attached hydrogen (secondary N) is 1. The summed E-state index contributed by atoms with van der Waals surface area (Å²) in [7, 11) is -3.36. The van der Waals surface area contributed by atoms with Gasteiger partial charge in [-0.3, -0.25) is 0 Å². The first-order valence-electron chi connectivity index (χ1n) is 6.70. The maximum Gasteiger partial charge on any atom is 0.279 e. The molecule has 0 aromatic carbocycles. The SMILES string of the molecule is CC1CCCN(S(=O)(=O)NC(CCCl)C(C)C)C1. The van der Waals surface area contributed by atoms with Crippen LogP contribution in [0.25, 0.3) is 0 Å². The quantitative estimate of drug-likeness (QED) is 0.764. The van der Waals surface area contributed by atoms with Gasteiger partial charge in [0.1, 0.15) is 0 Å². The third kappa shape index (κ3) is 4.68. The highest BCUT2D eigenvalue weighted by Gasteiger charge is 2.29. The molecule has 0 aromatic rings. The molecule has 0 spiro atoms. The van der Waals surface area contributed by atoms with E-state index in [4.69, 9.17) is 11.6 Å². The van der Waals surface area contributed by atoms with Gasteiger partial charge in [-0.15, -0.1) is 11.6 Å². The molecule has 0 aliphatic carbocycles. The van der Waals surface area contributed by atoms with Crippen molar-refractivity contribution in [3.63, 3.8) is 0 Å². The van der Waals surface area contributed by atoms with E-state index in [0.29, 0.717) is 31.3 Å². The van der Waals surface area contributed by atoms with Crippen LogP contribution in [0.5, 0.6) is 0 Å². The molecule has 1 heterocycles. The number of hydrogen-bond acceptors (Lipinski definition) is 2. The Labute approximate surface area is 116 Å². The summed E-state index contributed by atoms with van der Waals surface area (Å²) >= 11 is 5.73. The molecule has 4 nitrogen and oxygen atoms in total. The van der Waals surface area contributed by atoms with E-state index in [9.17, 15) is 8.42 Å². The molecule has 1 aliphatic rings. The molecule has 1 aliphatic heterocycles. The fourth-order valence-electron chi connectivity index (χ4n) is 2.28. The van der Waals surface area contributed by atoms with E-state index in [1.54, 1.807) is 4.31 Å². The molecule has 1 saturated heterocycles. The van der Waals surface area contributed by atoms with Crippen LogP contribution >= 0.6 is 11.6 Å². The molecule has 2 unspecified atom stereocenters. The fourth-order valence-corrected chi connectivity index (χ4v) is 4.25. The topological polar surface area (TPSA) is 49.4 Å². The zero-order valence-corrected chi connectivity index (χ0v) is 13.1. The monoisotopic (exact) mass is 296 g/mol. The van der Waals surface area contributed by atoms with Gasteiger partial charge in [0.2, 0.25) is 0 Å². The van der Waals surface area contributed by atoms with Crippen molar-refractivity contribution in [1.82, 2.24) is 9.03 Å². The zero-order chi connectivity index (χ0) is 13.8. The van der Waals surface area contributed by atoms with Gasteiger partial charge in [-0.25, -0.2) is 0 Å². The van der Waals surface area contributed by atoms with E-state index >= 15 is 0 Å². The lowest BCUT2D eigenvalue weighted by molar-refractivity contribution is 0.274. The second-order valence-corrected chi connectivity index (χ2v) is 7.64. The summed E-state index contributed by atoms with van der Waals surface area (Å²) in [6, 6.07) is -0.0790. The average molecular weight is 297 g/mol. The summed E-state index contributed by atoms with van der Waals surface area (Å²) in [4.78, 5) is 0. The summed E-state index contributed by atoms with van der Waals surface area (Å²) in [6.07, 6.45) is 2.73. The minimum atomic E-state index is -3.36. The molecule has 1 rings (SSSR count). The average Bonchev–Trinajstić information content (AvgIpc) is 2.28. The summed E-state index contributed by atoms with van der Waals surface area (Å²) < 4.78 is 29.0. The van der Waals surface area contributed by atoms with Gasteiger partial charge in [0.05, 0.1) is 0 Å². The maximum absolute atomic E-state index is 12.3. The van der Waals surface area contributed by atoms with Crippen molar-refractivity contribution in [2.75, 3.05) is 19.0 Å². The largest absolute Gasteiger partial charge is 0.279 e. The molecule has 18 heavy (non-hydrogen) atoms. The van der Waals surface area contributed by atoms with E-state index in [1.165, 1.54) is 0 Å². The van der Waals surface area contributed by atoms with Gasteiger partial charge < -0.3 is 0 Å². The first kappa shape index (κ1) is 16.2. The van der Waals surface area contributed by atoms with Crippen molar-refractivity contribution < 1.29 is 8.42 Å². The zero-order valence-electron chi connectivity index (χ0n) is 11.5. The van der Waals surface area contributed by atoms with Crippen molar-refractivity contribution in [1.29, 1.82) is 0 Å². The summed E-state index contributed by atoms with van der Waals surface area (Å²) in [5.74, 6) is 1.17. The Balaban J connectivity index is 2.67. The Morgan fingerprint density at radius 2 is 2.11 bits per heavy atom. The number of rotatable bonds is 6. The van der Waals surface area contributed by atoms with Gasteiger partial charge in [-0.2, -0.15) is 17.4 Å². The lowest BCUT2D eigenvalue weighted by Crippen LogP contribution is -2.50. The normalized spacial score (nSPS) is 24.4. The molecule has 0 amide bonds. The van der Waals surface area contributed by atoms with E-state index in [1.807, 2.05) is 13.8 Å². The Kier molecular flexibility index (Phi) is 6.38. The van der Waals surface area contributed by atoms with Crippen LogP contribution in [0.1, 0.15) is 40.0 Å². The number of halogens is 1. The molecule has 6 heteroatoms.